The second-order valence-corrected chi connectivity index (χ2v) is 8.20. The number of aromatic nitrogens is 2. The zero-order chi connectivity index (χ0) is 20.4. The van der Waals surface area contributed by atoms with Crippen molar-refractivity contribution in [1.29, 1.82) is 0 Å². The summed E-state index contributed by atoms with van der Waals surface area (Å²) in [5.74, 6) is 2.21. The van der Waals surface area contributed by atoms with Gasteiger partial charge in [-0.2, -0.15) is 0 Å². The van der Waals surface area contributed by atoms with Gasteiger partial charge in [-0.1, -0.05) is 11.8 Å². The van der Waals surface area contributed by atoms with Gasteiger partial charge in [-0.3, -0.25) is 9.36 Å². The first-order chi connectivity index (χ1) is 14.1. The van der Waals surface area contributed by atoms with Crippen LogP contribution >= 0.6 is 23.5 Å². The Morgan fingerprint density at radius 1 is 1.24 bits per heavy atom. The summed E-state index contributed by atoms with van der Waals surface area (Å²) in [7, 11) is 2.90. The number of carbonyl (C=O) groups is 1. The molecule has 0 amide bonds. The predicted molar refractivity (Wildman–Crippen MR) is 110 cm³/mol. The number of nitrogens with zero attached hydrogens (tertiary/aromatic N) is 2. The standard InChI is InChI=1S/C20H18N2O5S2/c1-25-13-5-3-12(4-6-13)22-18(23)17-15(9-10-28-17)21-20(22)29-11-14-7-8-16(27-14)19(24)26-2/h3-8H,9-11H2,1-2H3. The largest absolute Gasteiger partial charge is 0.497 e. The molecule has 9 heteroatoms. The quantitative estimate of drug-likeness (QED) is 0.333. The van der Waals surface area contributed by atoms with Crippen molar-refractivity contribution < 1.29 is 18.7 Å². The molecular weight excluding hydrogens is 412 g/mol. The molecule has 1 aliphatic rings. The van der Waals surface area contributed by atoms with Crippen LogP contribution < -0.4 is 10.3 Å². The monoisotopic (exact) mass is 430 g/mol. The summed E-state index contributed by atoms with van der Waals surface area (Å²) in [4.78, 5) is 30.2. The van der Waals surface area contributed by atoms with Crippen molar-refractivity contribution in [2.45, 2.75) is 22.2 Å². The van der Waals surface area contributed by atoms with E-state index in [1.165, 1.54) is 18.9 Å². The number of benzene rings is 1. The lowest BCUT2D eigenvalue weighted by Crippen LogP contribution is -2.23. The molecule has 1 aliphatic heterocycles. The summed E-state index contributed by atoms with van der Waals surface area (Å²) >= 11 is 2.93. The van der Waals surface area contributed by atoms with Gasteiger partial charge in [-0.15, -0.1) is 11.8 Å². The zero-order valence-corrected chi connectivity index (χ0v) is 17.5. The van der Waals surface area contributed by atoms with Gasteiger partial charge in [0.25, 0.3) is 5.56 Å². The first-order valence-corrected chi connectivity index (χ1v) is 10.8. The van der Waals surface area contributed by atoms with Crippen LogP contribution in [0.25, 0.3) is 5.69 Å². The van der Waals surface area contributed by atoms with E-state index in [0.717, 1.165) is 23.6 Å². The number of methoxy groups -OCH3 is 2. The van der Waals surface area contributed by atoms with Crippen molar-refractivity contribution in [3.8, 4) is 11.4 Å². The summed E-state index contributed by atoms with van der Waals surface area (Å²) < 4.78 is 17.0. The molecule has 0 aliphatic carbocycles. The van der Waals surface area contributed by atoms with Crippen LogP contribution in [0.15, 0.2) is 55.7 Å². The number of rotatable bonds is 6. The summed E-state index contributed by atoms with van der Waals surface area (Å²) in [6.07, 6.45) is 0.777. The van der Waals surface area contributed by atoms with Gasteiger partial charge in [0, 0.05) is 12.2 Å². The third kappa shape index (κ3) is 3.92. The Morgan fingerprint density at radius 3 is 2.76 bits per heavy atom. The van der Waals surface area contributed by atoms with Gasteiger partial charge in [-0.25, -0.2) is 9.78 Å². The van der Waals surface area contributed by atoms with E-state index >= 15 is 0 Å². The highest BCUT2D eigenvalue weighted by Gasteiger charge is 2.23. The molecule has 150 valence electrons. The second kappa shape index (κ2) is 8.38. The molecule has 0 atom stereocenters. The molecule has 3 aromatic rings. The molecule has 29 heavy (non-hydrogen) atoms. The van der Waals surface area contributed by atoms with Crippen molar-refractivity contribution in [3.05, 3.63) is 64.0 Å². The lowest BCUT2D eigenvalue weighted by atomic mass is 10.3. The van der Waals surface area contributed by atoms with Gasteiger partial charge in [0.2, 0.25) is 5.76 Å². The first kappa shape index (κ1) is 19.7. The van der Waals surface area contributed by atoms with Crippen molar-refractivity contribution >= 4 is 29.5 Å². The van der Waals surface area contributed by atoms with Gasteiger partial charge in [0.15, 0.2) is 5.16 Å². The van der Waals surface area contributed by atoms with Crippen molar-refractivity contribution in [2.24, 2.45) is 0 Å². The van der Waals surface area contributed by atoms with E-state index in [2.05, 4.69) is 4.74 Å². The van der Waals surface area contributed by atoms with Crippen LogP contribution in [-0.4, -0.2) is 35.5 Å². The average Bonchev–Trinajstić information content (AvgIpc) is 3.41. The molecule has 0 saturated carbocycles. The topological polar surface area (TPSA) is 83.6 Å². The number of fused-ring (bicyclic) bond motifs is 1. The maximum Gasteiger partial charge on any atom is 0.373 e. The number of ether oxygens (including phenoxy) is 2. The molecule has 7 nitrogen and oxygen atoms in total. The molecule has 0 bridgehead atoms. The highest BCUT2D eigenvalue weighted by atomic mass is 32.2. The highest BCUT2D eigenvalue weighted by molar-refractivity contribution is 7.99. The summed E-state index contributed by atoms with van der Waals surface area (Å²) in [6.45, 7) is 0. The van der Waals surface area contributed by atoms with Crippen molar-refractivity contribution in [3.63, 3.8) is 0 Å². The fraction of sp³-hybridized carbons (Fsp3) is 0.250. The average molecular weight is 431 g/mol. The number of hydrogen-bond donors (Lipinski definition) is 0. The lowest BCUT2D eigenvalue weighted by molar-refractivity contribution is 0.0563. The van der Waals surface area contributed by atoms with E-state index in [0.29, 0.717) is 27.3 Å². The molecule has 0 fully saturated rings. The Morgan fingerprint density at radius 2 is 2.03 bits per heavy atom. The van der Waals surface area contributed by atoms with E-state index in [1.54, 1.807) is 35.6 Å². The molecule has 0 N–H and O–H groups in total. The fourth-order valence-corrected chi connectivity index (χ4v) is 4.90. The Bertz CT molecular complexity index is 1110. The maximum atomic E-state index is 13.2. The van der Waals surface area contributed by atoms with E-state index in [-0.39, 0.29) is 11.3 Å². The SMILES string of the molecule is COC(=O)c1ccc(CSc2nc3c(c(=O)n2-c2ccc(OC)cc2)SCC3)o1. The van der Waals surface area contributed by atoms with Crippen LogP contribution in [0.2, 0.25) is 0 Å². The molecule has 0 saturated heterocycles. The molecule has 3 heterocycles. The number of hydrogen-bond acceptors (Lipinski definition) is 8. The number of furan rings is 1. The number of esters is 1. The molecule has 2 aromatic heterocycles. The summed E-state index contributed by atoms with van der Waals surface area (Å²) in [6, 6.07) is 10.6. The zero-order valence-electron chi connectivity index (χ0n) is 15.8. The number of aryl methyl sites for hydroxylation is 1. The van der Waals surface area contributed by atoms with Crippen LogP contribution in [0, 0.1) is 0 Å². The van der Waals surface area contributed by atoms with Gasteiger partial charge >= 0.3 is 5.97 Å². The van der Waals surface area contributed by atoms with Gasteiger partial charge in [-0.05, 0) is 36.4 Å². The minimum absolute atomic E-state index is 0.0696. The number of carbonyl (C=O) groups excluding carboxylic acids is 1. The highest BCUT2D eigenvalue weighted by Crippen LogP contribution is 2.31. The molecule has 0 spiro atoms. The molecule has 4 rings (SSSR count). The van der Waals surface area contributed by atoms with E-state index in [4.69, 9.17) is 14.1 Å². The lowest BCUT2D eigenvalue weighted by Gasteiger charge is -2.13. The minimum Gasteiger partial charge on any atom is -0.497 e. The van der Waals surface area contributed by atoms with Crippen LogP contribution in [0.5, 0.6) is 5.75 Å². The van der Waals surface area contributed by atoms with Gasteiger partial charge in [0.05, 0.1) is 36.2 Å². The fourth-order valence-electron chi connectivity index (χ4n) is 2.95. The third-order valence-electron chi connectivity index (χ3n) is 4.39. The Hall–Kier alpha value is -2.65. The van der Waals surface area contributed by atoms with Crippen LogP contribution in [0.3, 0.4) is 0 Å². The summed E-state index contributed by atoms with van der Waals surface area (Å²) in [5, 5.41) is 0.581. The third-order valence-corrected chi connectivity index (χ3v) is 6.46. The summed E-state index contributed by atoms with van der Waals surface area (Å²) in [5.41, 5.74) is 1.48. The smallest absolute Gasteiger partial charge is 0.373 e. The van der Waals surface area contributed by atoms with Gasteiger partial charge < -0.3 is 13.9 Å². The van der Waals surface area contributed by atoms with E-state index in [9.17, 15) is 9.59 Å². The van der Waals surface area contributed by atoms with Crippen LogP contribution in [0.1, 0.15) is 22.0 Å². The van der Waals surface area contributed by atoms with E-state index < -0.39 is 5.97 Å². The normalized spacial score (nSPS) is 12.6. The van der Waals surface area contributed by atoms with Crippen LogP contribution in [0.4, 0.5) is 0 Å². The first-order valence-electron chi connectivity index (χ1n) is 8.83. The molecular formula is C20H18N2O5S2. The maximum absolute atomic E-state index is 13.2. The molecule has 0 unspecified atom stereocenters. The Kier molecular flexibility index (Phi) is 5.68. The molecule has 1 aromatic carbocycles. The minimum atomic E-state index is -0.524. The molecule has 0 radical (unpaired) electrons. The Balaban J connectivity index is 1.68. The van der Waals surface area contributed by atoms with Crippen molar-refractivity contribution in [1.82, 2.24) is 9.55 Å². The van der Waals surface area contributed by atoms with Crippen molar-refractivity contribution in [2.75, 3.05) is 20.0 Å². The van der Waals surface area contributed by atoms with E-state index in [1.807, 2.05) is 24.3 Å². The Labute approximate surface area is 175 Å². The van der Waals surface area contributed by atoms with Crippen LogP contribution in [-0.2, 0) is 16.9 Å². The van der Waals surface area contributed by atoms with Gasteiger partial charge in [0.1, 0.15) is 11.5 Å². The second-order valence-electron chi connectivity index (χ2n) is 6.15. The number of thioether (sulfide) groups is 2. The predicted octanol–water partition coefficient (Wildman–Crippen LogP) is 3.56.